The predicted molar refractivity (Wildman–Crippen MR) is 110 cm³/mol. The Labute approximate surface area is 162 Å². The monoisotopic (exact) mass is 369 g/mol. The third-order valence-corrected chi connectivity index (χ3v) is 4.47. The van der Waals surface area contributed by atoms with E-state index < -0.39 is 5.60 Å². The number of unbranched alkanes of at least 4 members (excludes halogenated alkanes) is 1. The van der Waals surface area contributed by atoms with E-state index in [1.54, 1.807) is 0 Å². The zero-order valence-electron chi connectivity index (χ0n) is 16.7. The van der Waals surface area contributed by atoms with Gasteiger partial charge in [0.05, 0.1) is 0 Å². The van der Waals surface area contributed by atoms with Gasteiger partial charge in [-0.25, -0.2) is 0 Å². The first-order valence-corrected chi connectivity index (χ1v) is 9.79. The normalized spacial score (nSPS) is 13.0. The Kier molecular flexibility index (Phi) is 8.34. The molecular weight excluding hydrogens is 338 g/mol. The summed E-state index contributed by atoms with van der Waals surface area (Å²) >= 11 is 0. The largest absolute Gasteiger partial charge is 0.489 e. The zero-order valence-corrected chi connectivity index (χ0v) is 16.7. The lowest BCUT2D eigenvalue weighted by atomic mass is 9.97. The SMILES string of the molecule is CCCC[C@@](C)(OCCC)C(=O)Nc1ccc(OCc2ccccc2)cc1. The maximum absolute atomic E-state index is 12.8. The average molecular weight is 370 g/mol. The fourth-order valence-electron chi connectivity index (χ4n) is 2.73. The molecule has 0 aromatic heterocycles. The van der Waals surface area contributed by atoms with E-state index in [9.17, 15) is 4.79 Å². The lowest BCUT2D eigenvalue weighted by Gasteiger charge is -2.28. The van der Waals surface area contributed by atoms with Crippen molar-refractivity contribution >= 4 is 11.6 Å². The van der Waals surface area contributed by atoms with Gasteiger partial charge < -0.3 is 14.8 Å². The zero-order chi connectivity index (χ0) is 19.5. The van der Waals surface area contributed by atoms with E-state index in [-0.39, 0.29) is 5.91 Å². The number of ether oxygens (including phenoxy) is 2. The van der Waals surface area contributed by atoms with Gasteiger partial charge in [0.15, 0.2) is 0 Å². The van der Waals surface area contributed by atoms with Crippen LogP contribution in [0.2, 0.25) is 0 Å². The number of amides is 1. The van der Waals surface area contributed by atoms with E-state index in [0.717, 1.165) is 36.3 Å². The molecule has 1 amide bonds. The first-order chi connectivity index (χ1) is 13.1. The van der Waals surface area contributed by atoms with Crippen molar-refractivity contribution < 1.29 is 14.3 Å². The fraction of sp³-hybridized carbons (Fsp3) is 0.435. The van der Waals surface area contributed by atoms with Crippen LogP contribution in [0.4, 0.5) is 5.69 Å². The van der Waals surface area contributed by atoms with Gasteiger partial charge in [-0.15, -0.1) is 0 Å². The lowest BCUT2D eigenvalue weighted by Crippen LogP contribution is -2.43. The molecule has 1 N–H and O–H groups in total. The molecule has 0 saturated carbocycles. The van der Waals surface area contributed by atoms with Gasteiger partial charge in [-0.2, -0.15) is 0 Å². The van der Waals surface area contributed by atoms with Gasteiger partial charge in [-0.1, -0.05) is 57.0 Å². The number of hydrogen-bond donors (Lipinski definition) is 1. The Morgan fingerprint density at radius 2 is 1.70 bits per heavy atom. The standard InChI is InChI=1S/C23H31NO3/c1-4-6-16-23(3,27-17-5-2)22(25)24-20-12-14-21(15-13-20)26-18-19-10-8-7-9-11-19/h7-15H,4-6,16-18H2,1-3H3,(H,24,25)/t23-/m1/s1. The molecule has 4 nitrogen and oxygen atoms in total. The number of benzene rings is 2. The molecule has 2 rings (SSSR count). The minimum Gasteiger partial charge on any atom is -0.489 e. The summed E-state index contributed by atoms with van der Waals surface area (Å²) in [5.41, 5.74) is 1.07. The maximum Gasteiger partial charge on any atom is 0.256 e. The third-order valence-electron chi connectivity index (χ3n) is 4.47. The minimum atomic E-state index is -0.797. The number of carbonyl (C=O) groups is 1. The van der Waals surface area contributed by atoms with Crippen LogP contribution in [-0.4, -0.2) is 18.1 Å². The van der Waals surface area contributed by atoms with Crippen molar-refractivity contribution in [2.24, 2.45) is 0 Å². The van der Waals surface area contributed by atoms with Crippen molar-refractivity contribution in [3.8, 4) is 5.75 Å². The van der Waals surface area contributed by atoms with E-state index >= 15 is 0 Å². The second-order valence-electron chi connectivity index (χ2n) is 6.94. The van der Waals surface area contributed by atoms with Crippen molar-refractivity contribution in [1.29, 1.82) is 0 Å². The van der Waals surface area contributed by atoms with Gasteiger partial charge in [0.2, 0.25) is 0 Å². The quantitative estimate of drug-likeness (QED) is 0.562. The van der Waals surface area contributed by atoms with Crippen LogP contribution >= 0.6 is 0 Å². The summed E-state index contributed by atoms with van der Waals surface area (Å²) in [6.07, 6.45) is 3.60. The van der Waals surface area contributed by atoms with Crippen LogP contribution in [-0.2, 0) is 16.1 Å². The molecule has 0 unspecified atom stereocenters. The molecule has 0 aliphatic heterocycles. The molecule has 0 bridgehead atoms. The Balaban J connectivity index is 1.94. The number of anilines is 1. The van der Waals surface area contributed by atoms with Crippen LogP contribution in [0, 0.1) is 0 Å². The maximum atomic E-state index is 12.8. The highest BCUT2D eigenvalue weighted by atomic mass is 16.5. The smallest absolute Gasteiger partial charge is 0.256 e. The van der Waals surface area contributed by atoms with Crippen LogP contribution in [0.15, 0.2) is 54.6 Å². The molecule has 0 heterocycles. The highest BCUT2D eigenvalue weighted by molar-refractivity contribution is 5.97. The Hall–Kier alpha value is -2.33. The van der Waals surface area contributed by atoms with Gasteiger partial charge in [0.1, 0.15) is 18.0 Å². The first kappa shape index (κ1) is 21.0. The molecule has 0 spiro atoms. The number of hydrogen-bond acceptors (Lipinski definition) is 3. The fourth-order valence-corrected chi connectivity index (χ4v) is 2.73. The summed E-state index contributed by atoms with van der Waals surface area (Å²) < 4.78 is 11.7. The second-order valence-corrected chi connectivity index (χ2v) is 6.94. The van der Waals surface area contributed by atoms with Gasteiger partial charge in [0, 0.05) is 12.3 Å². The van der Waals surface area contributed by atoms with E-state index in [1.807, 2.05) is 68.4 Å². The molecule has 146 valence electrons. The predicted octanol–water partition coefficient (Wildman–Crippen LogP) is 5.58. The highest BCUT2D eigenvalue weighted by Crippen LogP contribution is 2.23. The van der Waals surface area contributed by atoms with Crippen molar-refractivity contribution in [2.75, 3.05) is 11.9 Å². The molecule has 0 fully saturated rings. The van der Waals surface area contributed by atoms with Gasteiger partial charge in [-0.3, -0.25) is 4.79 Å². The molecule has 2 aromatic rings. The molecular formula is C23H31NO3. The van der Waals surface area contributed by atoms with Crippen molar-refractivity contribution in [2.45, 2.75) is 58.7 Å². The molecule has 2 aromatic carbocycles. The van der Waals surface area contributed by atoms with E-state index in [4.69, 9.17) is 9.47 Å². The molecule has 4 heteroatoms. The van der Waals surface area contributed by atoms with Gasteiger partial charge >= 0.3 is 0 Å². The summed E-state index contributed by atoms with van der Waals surface area (Å²) in [4.78, 5) is 12.8. The summed E-state index contributed by atoms with van der Waals surface area (Å²) in [7, 11) is 0. The van der Waals surface area contributed by atoms with E-state index in [1.165, 1.54) is 0 Å². The minimum absolute atomic E-state index is 0.0950. The summed E-state index contributed by atoms with van der Waals surface area (Å²) in [6.45, 7) is 7.15. The molecule has 0 aliphatic rings. The Morgan fingerprint density at radius 3 is 2.33 bits per heavy atom. The van der Waals surface area contributed by atoms with Crippen LogP contribution in [0.25, 0.3) is 0 Å². The third kappa shape index (κ3) is 6.72. The molecule has 1 atom stereocenters. The summed E-state index contributed by atoms with van der Waals surface area (Å²) in [6, 6.07) is 17.5. The van der Waals surface area contributed by atoms with Crippen LogP contribution in [0.1, 0.15) is 52.0 Å². The number of nitrogens with one attached hydrogen (secondary N) is 1. The second kappa shape index (κ2) is 10.7. The van der Waals surface area contributed by atoms with Gasteiger partial charge in [-0.05, 0) is 49.6 Å². The first-order valence-electron chi connectivity index (χ1n) is 9.79. The van der Waals surface area contributed by atoms with Crippen molar-refractivity contribution in [1.82, 2.24) is 0 Å². The van der Waals surface area contributed by atoms with E-state index in [0.29, 0.717) is 19.6 Å². The topological polar surface area (TPSA) is 47.6 Å². The van der Waals surface area contributed by atoms with Crippen LogP contribution in [0.5, 0.6) is 5.75 Å². The summed E-state index contributed by atoms with van der Waals surface area (Å²) in [5, 5.41) is 2.98. The van der Waals surface area contributed by atoms with Crippen LogP contribution < -0.4 is 10.1 Å². The summed E-state index contributed by atoms with van der Waals surface area (Å²) in [5.74, 6) is 0.676. The average Bonchev–Trinajstić information content (AvgIpc) is 2.71. The Bertz CT molecular complexity index is 675. The van der Waals surface area contributed by atoms with Crippen molar-refractivity contribution in [3.05, 3.63) is 60.2 Å². The number of rotatable bonds is 11. The lowest BCUT2D eigenvalue weighted by molar-refractivity contribution is -0.140. The van der Waals surface area contributed by atoms with Crippen molar-refractivity contribution in [3.63, 3.8) is 0 Å². The molecule has 27 heavy (non-hydrogen) atoms. The highest BCUT2D eigenvalue weighted by Gasteiger charge is 2.33. The molecule has 0 aliphatic carbocycles. The van der Waals surface area contributed by atoms with E-state index in [2.05, 4.69) is 12.2 Å². The van der Waals surface area contributed by atoms with Gasteiger partial charge in [0.25, 0.3) is 5.91 Å². The van der Waals surface area contributed by atoms with Crippen LogP contribution in [0.3, 0.4) is 0 Å². The molecule has 0 radical (unpaired) electrons. The molecule has 0 saturated heterocycles. The Morgan fingerprint density at radius 1 is 1.00 bits per heavy atom. The number of carbonyl (C=O) groups excluding carboxylic acids is 1.